The number of hydrogen-bond donors (Lipinski definition) is 2. The number of nitrogens with one attached hydrogen (secondary N) is 1. The van der Waals surface area contributed by atoms with E-state index in [1.54, 1.807) is 13.2 Å². The first kappa shape index (κ1) is 6.53. The normalized spacial score (nSPS) is 9.30. The summed E-state index contributed by atoms with van der Waals surface area (Å²) in [5, 5.41) is 9.39. The number of anilines is 1. The third-order valence-corrected chi connectivity index (χ3v) is 0.854. The first-order chi connectivity index (χ1) is 4.68. The molecule has 6 heteroatoms. The van der Waals surface area contributed by atoms with Crippen molar-refractivity contribution >= 4 is 11.8 Å². The number of carbonyl (C=O) groups is 1. The van der Waals surface area contributed by atoms with E-state index in [4.69, 9.17) is 5.73 Å². The van der Waals surface area contributed by atoms with Crippen molar-refractivity contribution in [2.75, 3.05) is 5.32 Å². The van der Waals surface area contributed by atoms with Gasteiger partial charge >= 0.3 is 6.03 Å². The van der Waals surface area contributed by atoms with E-state index in [0.717, 1.165) is 0 Å². The highest BCUT2D eigenvalue weighted by Crippen LogP contribution is 1.95. The Morgan fingerprint density at radius 1 is 1.90 bits per heavy atom. The van der Waals surface area contributed by atoms with Crippen LogP contribution in [0.4, 0.5) is 10.6 Å². The Bertz CT molecular complexity index is 242. The maximum atomic E-state index is 10.2. The van der Waals surface area contributed by atoms with Gasteiger partial charge in [0.2, 0.25) is 0 Å². The fourth-order valence-electron chi connectivity index (χ4n) is 0.531. The maximum Gasteiger partial charge on any atom is 0.317 e. The van der Waals surface area contributed by atoms with Crippen molar-refractivity contribution in [1.82, 2.24) is 15.0 Å². The predicted octanol–water partition coefficient (Wildman–Crippen LogP) is -0.694. The van der Waals surface area contributed by atoms with Crippen molar-refractivity contribution in [3.05, 3.63) is 6.20 Å². The van der Waals surface area contributed by atoms with Gasteiger partial charge in [-0.2, -0.15) is 0 Å². The van der Waals surface area contributed by atoms with E-state index in [9.17, 15) is 4.79 Å². The van der Waals surface area contributed by atoms with Gasteiger partial charge in [0.25, 0.3) is 0 Å². The first-order valence-corrected chi connectivity index (χ1v) is 2.61. The van der Waals surface area contributed by atoms with Crippen LogP contribution in [0.2, 0.25) is 0 Å². The summed E-state index contributed by atoms with van der Waals surface area (Å²) in [7, 11) is 1.69. The summed E-state index contributed by atoms with van der Waals surface area (Å²) in [5.74, 6) is 0.356. The molecule has 0 radical (unpaired) electrons. The Balaban J connectivity index is 2.67. The summed E-state index contributed by atoms with van der Waals surface area (Å²) in [6.45, 7) is 0. The number of primary amides is 1. The Kier molecular flexibility index (Phi) is 1.53. The standard InChI is InChI=1S/C4H7N5O/c1-9-2-3(7-8-9)6-4(5)10/h2H,1H3,(H3,5,6,10). The molecule has 0 saturated carbocycles. The summed E-state index contributed by atoms with van der Waals surface area (Å²) in [5.41, 5.74) is 4.81. The monoisotopic (exact) mass is 141 g/mol. The van der Waals surface area contributed by atoms with Crippen LogP contribution in [0.15, 0.2) is 6.20 Å². The molecular formula is C4H7N5O. The third kappa shape index (κ3) is 1.44. The molecule has 1 aromatic heterocycles. The molecule has 54 valence electrons. The van der Waals surface area contributed by atoms with Crippen LogP contribution in [-0.2, 0) is 7.05 Å². The minimum Gasteiger partial charge on any atom is -0.351 e. The van der Waals surface area contributed by atoms with Crippen LogP contribution >= 0.6 is 0 Å². The number of aromatic nitrogens is 3. The van der Waals surface area contributed by atoms with Crippen molar-refractivity contribution in [3.63, 3.8) is 0 Å². The van der Waals surface area contributed by atoms with E-state index < -0.39 is 6.03 Å². The molecule has 1 rings (SSSR count). The van der Waals surface area contributed by atoms with E-state index in [1.165, 1.54) is 4.68 Å². The number of carbonyl (C=O) groups excluding carboxylic acids is 1. The summed E-state index contributed by atoms with van der Waals surface area (Å²) < 4.78 is 1.46. The molecule has 0 aliphatic rings. The average Bonchev–Trinajstić information content (AvgIpc) is 2.13. The number of amides is 2. The van der Waals surface area contributed by atoms with Crippen LogP contribution < -0.4 is 11.1 Å². The Labute approximate surface area is 57.0 Å². The third-order valence-electron chi connectivity index (χ3n) is 0.854. The topological polar surface area (TPSA) is 85.8 Å². The van der Waals surface area contributed by atoms with Gasteiger partial charge < -0.3 is 5.73 Å². The van der Waals surface area contributed by atoms with Crippen LogP contribution in [0.1, 0.15) is 0 Å². The van der Waals surface area contributed by atoms with Gasteiger partial charge in [-0.3, -0.25) is 10.00 Å². The summed E-state index contributed by atoms with van der Waals surface area (Å²) in [4.78, 5) is 10.2. The second-order valence-electron chi connectivity index (χ2n) is 1.77. The molecule has 0 fully saturated rings. The second kappa shape index (κ2) is 2.34. The highest BCUT2D eigenvalue weighted by Gasteiger charge is 1.97. The van der Waals surface area contributed by atoms with Crippen molar-refractivity contribution in [2.45, 2.75) is 0 Å². The van der Waals surface area contributed by atoms with Gasteiger partial charge in [-0.25, -0.2) is 4.79 Å². The van der Waals surface area contributed by atoms with Crippen molar-refractivity contribution in [3.8, 4) is 0 Å². The highest BCUT2D eigenvalue weighted by molar-refractivity contribution is 5.86. The molecule has 0 aliphatic carbocycles. The number of nitrogens with zero attached hydrogens (tertiary/aromatic N) is 3. The van der Waals surface area contributed by atoms with Gasteiger partial charge in [-0.1, -0.05) is 5.21 Å². The number of aryl methyl sites for hydroxylation is 1. The summed E-state index contributed by atoms with van der Waals surface area (Å²) in [6, 6.07) is -0.638. The Morgan fingerprint density at radius 2 is 2.60 bits per heavy atom. The molecule has 0 aromatic carbocycles. The van der Waals surface area contributed by atoms with Crippen LogP contribution in [-0.4, -0.2) is 21.0 Å². The van der Waals surface area contributed by atoms with Gasteiger partial charge in [-0.15, -0.1) is 5.10 Å². The van der Waals surface area contributed by atoms with Gasteiger partial charge in [0, 0.05) is 7.05 Å². The molecule has 0 aliphatic heterocycles. The summed E-state index contributed by atoms with van der Waals surface area (Å²) >= 11 is 0. The van der Waals surface area contributed by atoms with Crippen LogP contribution in [0.5, 0.6) is 0 Å². The smallest absolute Gasteiger partial charge is 0.317 e. The molecule has 0 unspecified atom stereocenters. The molecular weight excluding hydrogens is 134 g/mol. The highest BCUT2D eigenvalue weighted by atomic mass is 16.2. The maximum absolute atomic E-state index is 10.2. The molecule has 2 amide bonds. The lowest BCUT2D eigenvalue weighted by Gasteiger charge is -1.90. The quantitative estimate of drug-likeness (QED) is 0.542. The van der Waals surface area contributed by atoms with E-state index in [0.29, 0.717) is 5.82 Å². The number of hydrogen-bond acceptors (Lipinski definition) is 3. The average molecular weight is 141 g/mol. The lowest BCUT2D eigenvalue weighted by Crippen LogP contribution is -2.19. The van der Waals surface area contributed by atoms with Crippen LogP contribution in [0.25, 0.3) is 0 Å². The molecule has 3 N–H and O–H groups in total. The van der Waals surface area contributed by atoms with Crippen LogP contribution in [0.3, 0.4) is 0 Å². The van der Waals surface area contributed by atoms with E-state index in [2.05, 4.69) is 15.6 Å². The van der Waals surface area contributed by atoms with Crippen LogP contribution in [0, 0.1) is 0 Å². The van der Waals surface area contributed by atoms with Crippen molar-refractivity contribution in [1.29, 1.82) is 0 Å². The minimum absolute atomic E-state index is 0.356. The molecule has 10 heavy (non-hydrogen) atoms. The number of urea groups is 1. The summed E-state index contributed by atoms with van der Waals surface area (Å²) in [6.07, 6.45) is 1.55. The minimum atomic E-state index is -0.638. The molecule has 0 bridgehead atoms. The van der Waals surface area contributed by atoms with E-state index in [-0.39, 0.29) is 0 Å². The first-order valence-electron chi connectivity index (χ1n) is 2.61. The molecule has 0 atom stereocenters. The molecule has 1 aromatic rings. The number of nitrogens with two attached hydrogens (primary N) is 1. The SMILES string of the molecule is Cn1cc(NC(N)=O)nn1. The second-order valence-corrected chi connectivity index (χ2v) is 1.77. The Hall–Kier alpha value is -1.59. The lowest BCUT2D eigenvalue weighted by molar-refractivity contribution is 0.259. The molecule has 1 heterocycles. The predicted molar refractivity (Wildman–Crippen MR) is 34.2 cm³/mol. The van der Waals surface area contributed by atoms with Gasteiger partial charge in [0.05, 0.1) is 6.20 Å². The number of rotatable bonds is 1. The Morgan fingerprint density at radius 3 is 3.00 bits per heavy atom. The van der Waals surface area contributed by atoms with Gasteiger partial charge in [0.1, 0.15) is 0 Å². The molecule has 6 nitrogen and oxygen atoms in total. The van der Waals surface area contributed by atoms with Crippen molar-refractivity contribution < 1.29 is 4.79 Å². The van der Waals surface area contributed by atoms with E-state index in [1.807, 2.05) is 0 Å². The van der Waals surface area contributed by atoms with Gasteiger partial charge in [0.15, 0.2) is 5.82 Å². The zero-order valence-corrected chi connectivity index (χ0v) is 5.40. The largest absolute Gasteiger partial charge is 0.351 e. The lowest BCUT2D eigenvalue weighted by atomic mass is 10.7. The zero-order chi connectivity index (χ0) is 7.56. The van der Waals surface area contributed by atoms with Crippen molar-refractivity contribution in [2.24, 2.45) is 12.8 Å². The molecule has 0 saturated heterocycles. The molecule has 0 spiro atoms. The fraction of sp³-hybridized carbons (Fsp3) is 0.250. The van der Waals surface area contributed by atoms with Gasteiger partial charge in [-0.05, 0) is 0 Å². The van der Waals surface area contributed by atoms with E-state index >= 15 is 0 Å². The fourth-order valence-corrected chi connectivity index (χ4v) is 0.531. The zero-order valence-electron chi connectivity index (χ0n) is 5.40.